The number of carbonyl (C=O) groups is 1. The van der Waals surface area contributed by atoms with Crippen LogP contribution in [0.15, 0.2) is 42.5 Å². The molecule has 1 amide bonds. The van der Waals surface area contributed by atoms with Crippen LogP contribution >= 0.6 is 23.2 Å². The van der Waals surface area contributed by atoms with Crippen molar-refractivity contribution < 1.29 is 17.4 Å². The van der Waals surface area contributed by atoms with Crippen molar-refractivity contribution in [1.82, 2.24) is 4.90 Å². The molecule has 1 aliphatic rings. The van der Waals surface area contributed by atoms with Crippen LogP contribution in [-0.2, 0) is 25.5 Å². The molecule has 0 bridgehead atoms. The second-order valence-electron chi connectivity index (χ2n) is 6.52. The molecule has 3 rings (SSSR count). The summed E-state index contributed by atoms with van der Waals surface area (Å²) in [6, 6.07) is 12.2. The van der Waals surface area contributed by atoms with E-state index in [2.05, 4.69) is 0 Å². The van der Waals surface area contributed by atoms with Gasteiger partial charge in [0.1, 0.15) is 6.10 Å². The van der Waals surface area contributed by atoms with Crippen LogP contribution in [-0.4, -0.2) is 32.0 Å². The topological polar surface area (TPSA) is 63.7 Å². The van der Waals surface area contributed by atoms with Gasteiger partial charge in [-0.2, -0.15) is 8.42 Å². The van der Waals surface area contributed by atoms with Gasteiger partial charge in [-0.25, -0.2) is 0 Å². The molecule has 5 nitrogen and oxygen atoms in total. The molecule has 2 aromatic carbocycles. The quantitative estimate of drug-likeness (QED) is 0.687. The van der Waals surface area contributed by atoms with Crippen molar-refractivity contribution in [1.29, 1.82) is 0 Å². The van der Waals surface area contributed by atoms with E-state index in [1.54, 1.807) is 23.1 Å². The Hall–Kier alpha value is -1.60. The van der Waals surface area contributed by atoms with E-state index in [0.29, 0.717) is 15.6 Å². The number of rotatable bonds is 4. The lowest BCUT2D eigenvalue weighted by atomic mass is 9.91. The van der Waals surface area contributed by atoms with Crippen molar-refractivity contribution in [3.63, 3.8) is 0 Å². The van der Waals surface area contributed by atoms with Gasteiger partial charge in [0.25, 0.3) is 10.1 Å². The predicted molar refractivity (Wildman–Crippen MR) is 105 cm³/mol. The lowest BCUT2D eigenvalue weighted by Gasteiger charge is -2.39. The number of carbonyl (C=O) groups excluding carboxylic acids is 1. The zero-order valence-electron chi connectivity index (χ0n) is 14.9. The Balaban J connectivity index is 1.93. The van der Waals surface area contributed by atoms with Crippen molar-refractivity contribution in [2.45, 2.75) is 25.5 Å². The highest BCUT2D eigenvalue weighted by molar-refractivity contribution is 7.86. The highest BCUT2D eigenvalue weighted by Crippen LogP contribution is 2.37. The molecule has 2 atom stereocenters. The van der Waals surface area contributed by atoms with Crippen LogP contribution in [0.5, 0.6) is 0 Å². The first-order chi connectivity index (χ1) is 12.7. The van der Waals surface area contributed by atoms with Crippen LogP contribution in [0.1, 0.15) is 35.8 Å². The van der Waals surface area contributed by atoms with Gasteiger partial charge in [-0.15, -0.1) is 0 Å². The molecule has 0 aliphatic carbocycles. The molecule has 2 aromatic rings. The fourth-order valence-electron chi connectivity index (χ4n) is 3.35. The van der Waals surface area contributed by atoms with Crippen molar-refractivity contribution >= 4 is 39.2 Å². The summed E-state index contributed by atoms with van der Waals surface area (Å²) in [5, 5.41) is 0.842. The minimum Gasteiger partial charge on any atom is -0.333 e. The summed E-state index contributed by atoms with van der Waals surface area (Å²) in [6.45, 7) is 2.04. The summed E-state index contributed by atoms with van der Waals surface area (Å²) < 4.78 is 28.6. The molecular weight excluding hydrogens is 409 g/mol. The molecule has 1 aliphatic heterocycles. The van der Waals surface area contributed by atoms with Crippen LogP contribution < -0.4 is 0 Å². The molecule has 0 aromatic heterocycles. The summed E-state index contributed by atoms with van der Waals surface area (Å²) in [5.74, 6) is -0.200. The Kier molecular flexibility index (Phi) is 5.82. The number of nitrogens with zero attached hydrogens (tertiary/aromatic N) is 1. The third kappa shape index (κ3) is 4.46. The lowest BCUT2D eigenvalue weighted by molar-refractivity contribution is -0.134. The zero-order valence-corrected chi connectivity index (χ0v) is 17.2. The van der Waals surface area contributed by atoms with E-state index in [-0.39, 0.29) is 24.9 Å². The van der Waals surface area contributed by atoms with E-state index in [1.165, 1.54) is 0 Å². The van der Waals surface area contributed by atoms with E-state index in [1.807, 2.05) is 31.2 Å². The standard InChI is InChI=1S/C19H19Cl2NO4S/c1-12-13-6-3-4-7-14(13)18(26-27(2,24)25)11-22(12)19(23)10-15-16(20)8-5-9-17(15)21/h3-9,12,18H,10-11H2,1-2H3/t12-,18+/m0/s1. The molecule has 27 heavy (non-hydrogen) atoms. The summed E-state index contributed by atoms with van der Waals surface area (Å²) in [5.41, 5.74) is 2.18. The largest absolute Gasteiger partial charge is 0.333 e. The Bertz CT molecular complexity index is 957. The first-order valence-corrected chi connectivity index (χ1v) is 10.9. The van der Waals surface area contributed by atoms with Crippen LogP contribution in [0.2, 0.25) is 10.0 Å². The maximum atomic E-state index is 13.0. The average Bonchev–Trinajstić information content (AvgIpc) is 2.59. The number of hydrogen-bond acceptors (Lipinski definition) is 4. The van der Waals surface area contributed by atoms with Crippen molar-refractivity contribution in [3.8, 4) is 0 Å². The van der Waals surface area contributed by atoms with E-state index < -0.39 is 16.2 Å². The SMILES string of the molecule is C[C@H]1c2ccccc2[C@H](OS(C)(=O)=O)CN1C(=O)Cc1c(Cl)cccc1Cl. The first-order valence-electron chi connectivity index (χ1n) is 8.37. The van der Waals surface area contributed by atoms with Crippen molar-refractivity contribution in [2.75, 3.05) is 12.8 Å². The highest BCUT2D eigenvalue weighted by atomic mass is 35.5. The zero-order chi connectivity index (χ0) is 19.8. The van der Waals surface area contributed by atoms with Crippen LogP contribution in [0, 0.1) is 0 Å². The fourth-order valence-corrected chi connectivity index (χ4v) is 4.47. The molecule has 0 saturated heterocycles. The molecule has 0 unspecified atom stereocenters. The number of fused-ring (bicyclic) bond motifs is 1. The molecule has 0 fully saturated rings. The minimum atomic E-state index is -3.69. The highest BCUT2D eigenvalue weighted by Gasteiger charge is 2.35. The third-order valence-electron chi connectivity index (χ3n) is 4.62. The monoisotopic (exact) mass is 427 g/mol. The van der Waals surface area contributed by atoms with Crippen molar-refractivity contribution in [2.24, 2.45) is 0 Å². The van der Waals surface area contributed by atoms with Crippen LogP contribution in [0.3, 0.4) is 0 Å². The van der Waals surface area contributed by atoms with Crippen LogP contribution in [0.25, 0.3) is 0 Å². The average molecular weight is 428 g/mol. The van der Waals surface area contributed by atoms with Gasteiger partial charge in [0.15, 0.2) is 0 Å². The second-order valence-corrected chi connectivity index (χ2v) is 8.93. The molecule has 0 saturated carbocycles. The predicted octanol–water partition coefficient (Wildman–Crippen LogP) is 4.16. The molecular formula is C19H19Cl2NO4S. The smallest absolute Gasteiger partial charge is 0.265 e. The van der Waals surface area contributed by atoms with E-state index >= 15 is 0 Å². The maximum absolute atomic E-state index is 13.0. The van der Waals surface area contributed by atoms with Crippen molar-refractivity contribution in [3.05, 3.63) is 69.2 Å². The number of hydrogen-bond donors (Lipinski definition) is 0. The summed E-state index contributed by atoms with van der Waals surface area (Å²) in [4.78, 5) is 14.6. The Morgan fingerprint density at radius 3 is 2.30 bits per heavy atom. The third-order valence-corrected chi connectivity index (χ3v) is 5.91. The summed E-state index contributed by atoms with van der Waals surface area (Å²) in [6.07, 6.45) is 0.276. The molecule has 144 valence electrons. The van der Waals surface area contributed by atoms with E-state index in [0.717, 1.165) is 17.4 Å². The normalized spacial score (nSPS) is 19.6. The Morgan fingerprint density at radius 1 is 1.11 bits per heavy atom. The molecule has 0 N–H and O–H groups in total. The minimum absolute atomic E-state index is 0.0244. The van der Waals surface area contributed by atoms with E-state index in [4.69, 9.17) is 27.4 Å². The summed E-state index contributed by atoms with van der Waals surface area (Å²) in [7, 11) is -3.69. The fraction of sp³-hybridized carbons (Fsp3) is 0.316. The lowest BCUT2D eigenvalue weighted by Crippen LogP contribution is -2.42. The molecule has 0 spiro atoms. The second kappa shape index (κ2) is 7.80. The van der Waals surface area contributed by atoms with Gasteiger partial charge in [-0.3, -0.25) is 8.98 Å². The summed E-state index contributed by atoms with van der Waals surface area (Å²) >= 11 is 12.4. The van der Waals surface area contributed by atoms with Gasteiger partial charge in [0, 0.05) is 10.0 Å². The van der Waals surface area contributed by atoms with Gasteiger partial charge in [0.05, 0.1) is 25.3 Å². The number of benzene rings is 2. The van der Waals surface area contributed by atoms with Gasteiger partial charge < -0.3 is 4.90 Å². The molecule has 0 radical (unpaired) electrons. The number of halogens is 2. The molecule has 8 heteroatoms. The number of amides is 1. The molecule has 1 heterocycles. The van der Waals surface area contributed by atoms with E-state index in [9.17, 15) is 13.2 Å². The van der Waals surface area contributed by atoms with Crippen LogP contribution in [0.4, 0.5) is 0 Å². The van der Waals surface area contributed by atoms with Gasteiger partial charge in [-0.1, -0.05) is 53.5 Å². The Labute approximate surface area is 169 Å². The Morgan fingerprint density at radius 2 is 1.70 bits per heavy atom. The maximum Gasteiger partial charge on any atom is 0.265 e. The first kappa shape index (κ1) is 20.1. The van der Waals surface area contributed by atoms with Gasteiger partial charge >= 0.3 is 0 Å². The van der Waals surface area contributed by atoms with Gasteiger partial charge in [-0.05, 0) is 35.7 Å². The van der Waals surface area contributed by atoms with Gasteiger partial charge in [0.2, 0.25) is 5.91 Å².